The average molecular weight is 504 g/mol. The molecule has 4 rings (SSSR count). The Morgan fingerprint density at radius 1 is 0.912 bits per heavy atom. The Morgan fingerprint density at radius 3 is 1.76 bits per heavy atom. The molecule has 184 valence electrons. The van der Waals surface area contributed by atoms with Crippen LogP contribution in [0.25, 0.3) is 0 Å². The van der Waals surface area contributed by atoms with E-state index in [4.69, 9.17) is 27.9 Å². The van der Waals surface area contributed by atoms with Gasteiger partial charge in [-0.2, -0.15) is 0 Å². The van der Waals surface area contributed by atoms with E-state index in [0.717, 1.165) is 40.9 Å². The van der Waals surface area contributed by atoms with Gasteiger partial charge < -0.3 is 9.64 Å². The molecule has 0 saturated heterocycles. The van der Waals surface area contributed by atoms with Crippen LogP contribution in [-0.2, 0) is 9.59 Å². The predicted octanol–water partition coefficient (Wildman–Crippen LogP) is 7.34. The highest BCUT2D eigenvalue weighted by Gasteiger charge is 2.48. The van der Waals surface area contributed by atoms with E-state index >= 15 is 0 Å². The minimum absolute atomic E-state index is 0.0969. The second kappa shape index (κ2) is 8.71. The number of hydrogen-bond donors (Lipinski definition) is 0. The normalized spacial score (nSPS) is 22.4. The Labute approximate surface area is 213 Å². The van der Waals surface area contributed by atoms with Gasteiger partial charge in [0.05, 0.1) is 16.7 Å². The lowest BCUT2D eigenvalue weighted by molar-refractivity contribution is -0.119. The Kier molecular flexibility index (Phi) is 6.48. The number of carbonyl (C=O) groups is 2. The third-order valence-corrected chi connectivity index (χ3v) is 7.66. The van der Waals surface area contributed by atoms with Gasteiger partial charge in [0.25, 0.3) is 0 Å². The van der Waals surface area contributed by atoms with Crippen molar-refractivity contribution in [2.75, 3.05) is 13.7 Å². The third-order valence-electron chi connectivity index (χ3n) is 7.09. The molecule has 0 spiro atoms. The maximum absolute atomic E-state index is 13.6. The first-order valence-electron chi connectivity index (χ1n) is 12.1. The molecule has 6 heteroatoms. The van der Waals surface area contributed by atoms with Crippen LogP contribution < -0.4 is 4.74 Å². The first-order chi connectivity index (χ1) is 15.7. The van der Waals surface area contributed by atoms with Crippen LogP contribution in [0.4, 0.5) is 0 Å². The van der Waals surface area contributed by atoms with E-state index in [1.165, 1.54) is 0 Å². The molecule has 2 aliphatic carbocycles. The number of ketones is 2. The van der Waals surface area contributed by atoms with Crippen molar-refractivity contribution in [1.82, 2.24) is 4.90 Å². The summed E-state index contributed by atoms with van der Waals surface area (Å²) < 4.78 is 5.87. The molecule has 34 heavy (non-hydrogen) atoms. The number of carbonyl (C=O) groups excluding carboxylic acids is 2. The van der Waals surface area contributed by atoms with Crippen LogP contribution in [-0.4, -0.2) is 30.1 Å². The van der Waals surface area contributed by atoms with Crippen molar-refractivity contribution in [2.24, 2.45) is 16.7 Å². The van der Waals surface area contributed by atoms with Crippen LogP contribution >= 0.6 is 23.2 Å². The highest BCUT2D eigenvalue weighted by atomic mass is 35.5. The van der Waals surface area contributed by atoms with E-state index < -0.39 is 5.92 Å². The largest absolute Gasteiger partial charge is 0.490 e. The smallest absolute Gasteiger partial charge is 0.162 e. The molecule has 0 fully saturated rings. The van der Waals surface area contributed by atoms with E-state index in [1.54, 1.807) is 0 Å². The van der Waals surface area contributed by atoms with Crippen LogP contribution in [0.2, 0.25) is 10.0 Å². The molecule has 0 bridgehead atoms. The fourth-order valence-corrected chi connectivity index (χ4v) is 6.25. The van der Waals surface area contributed by atoms with Crippen molar-refractivity contribution in [2.45, 2.75) is 73.1 Å². The monoisotopic (exact) mass is 503 g/mol. The van der Waals surface area contributed by atoms with Crippen LogP contribution in [0, 0.1) is 16.7 Å². The molecular weight excluding hydrogens is 469 g/mol. The molecule has 0 amide bonds. The van der Waals surface area contributed by atoms with Gasteiger partial charge in [-0.25, -0.2) is 0 Å². The lowest BCUT2D eigenvalue weighted by atomic mass is 9.64. The Morgan fingerprint density at radius 2 is 1.35 bits per heavy atom. The van der Waals surface area contributed by atoms with Crippen molar-refractivity contribution in [3.8, 4) is 5.75 Å². The summed E-state index contributed by atoms with van der Waals surface area (Å²) in [6.45, 7) is 13.1. The van der Waals surface area contributed by atoms with Gasteiger partial charge in [0.2, 0.25) is 0 Å². The maximum atomic E-state index is 13.6. The molecule has 0 atom stereocenters. The summed E-state index contributed by atoms with van der Waals surface area (Å²) >= 11 is 13.3. The summed E-state index contributed by atoms with van der Waals surface area (Å²) in [4.78, 5) is 29.3. The van der Waals surface area contributed by atoms with Gasteiger partial charge in [-0.1, -0.05) is 64.7 Å². The van der Waals surface area contributed by atoms with Crippen LogP contribution in [0.1, 0.15) is 78.7 Å². The summed E-state index contributed by atoms with van der Waals surface area (Å²) in [6, 6.07) is 3.66. The molecule has 3 aliphatic rings. The molecule has 0 radical (unpaired) electrons. The number of nitrogens with zero attached hydrogens (tertiary/aromatic N) is 1. The molecule has 0 N–H and O–H groups in total. The Hall–Kier alpha value is -1.78. The van der Waals surface area contributed by atoms with Crippen molar-refractivity contribution < 1.29 is 14.3 Å². The fraction of sp³-hybridized carbons (Fsp3) is 0.571. The van der Waals surface area contributed by atoms with Gasteiger partial charge >= 0.3 is 0 Å². The lowest BCUT2D eigenvalue weighted by Gasteiger charge is -2.48. The van der Waals surface area contributed by atoms with Crippen molar-refractivity contribution >= 4 is 34.8 Å². The quantitative estimate of drug-likeness (QED) is 0.430. The maximum Gasteiger partial charge on any atom is 0.162 e. The van der Waals surface area contributed by atoms with Crippen LogP contribution in [0.3, 0.4) is 0 Å². The summed E-state index contributed by atoms with van der Waals surface area (Å²) in [5.41, 5.74) is 3.98. The molecule has 0 unspecified atom stereocenters. The summed E-state index contributed by atoms with van der Waals surface area (Å²) in [6.07, 6.45) is 2.47. The molecule has 0 aromatic heterocycles. The molecule has 1 aromatic carbocycles. The van der Waals surface area contributed by atoms with Gasteiger partial charge in [0.1, 0.15) is 0 Å². The molecular formula is C28H35Cl2NO3. The number of benzene rings is 1. The molecule has 1 heterocycles. The number of allylic oxidation sites excluding steroid dienone is 4. The first kappa shape index (κ1) is 25.3. The van der Waals surface area contributed by atoms with Gasteiger partial charge in [-0.3, -0.25) is 9.59 Å². The van der Waals surface area contributed by atoms with Gasteiger partial charge in [-0.15, -0.1) is 0 Å². The summed E-state index contributed by atoms with van der Waals surface area (Å²) in [7, 11) is 2.01. The van der Waals surface area contributed by atoms with Crippen LogP contribution in [0.15, 0.2) is 34.7 Å². The van der Waals surface area contributed by atoms with Crippen molar-refractivity contribution in [3.05, 3.63) is 50.3 Å². The molecule has 1 aromatic rings. The summed E-state index contributed by atoms with van der Waals surface area (Å²) in [5, 5.41) is 0.803. The Bertz CT molecular complexity index is 1050. The zero-order valence-electron chi connectivity index (χ0n) is 21.3. The summed E-state index contributed by atoms with van der Waals surface area (Å²) in [5.74, 6) is 0.513. The van der Waals surface area contributed by atoms with Gasteiger partial charge in [0, 0.05) is 48.3 Å². The SMILES string of the molecule is CC(C)COc1c(Cl)cc(C2C3=C(CC(C)(C)CC3=O)N(C)C3=C2C(=O)CC(C)(C)C3)cc1Cl. The minimum atomic E-state index is -0.456. The van der Waals surface area contributed by atoms with E-state index in [-0.39, 0.29) is 22.4 Å². The van der Waals surface area contributed by atoms with Gasteiger partial charge in [0.15, 0.2) is 17.3 Å². The van der Waals surface area contributed by atoms with Crippen molar-refractivity contribution in [1.29, 1.82) is 0 Å². The van der Waals surface area contributed by atoms with Gasteiger partial charge in [-0.05, 0) is 47.3 Å². The number of Topliss-reactive ketones (excluding diaryl/α,β-unsaturated/α-hetero) is 2. The zero-order valence-corrected chi connectivity index (χ0v) is 22.8. The number of halogens is 2. The van der Waals surface area contributed by atoms with E-state index in [0.29, 0.717) is 41.2 Å². The molecule has 1 aliphatic heterocycles. The number of ether oxygens (including phenoxy) is 1. The standard InChI is InChI=1S/C28H35Cl2NO3/c1-15(2)14-34-26-17(29)8-16(9-18(26)30)23-24-19(10-27(3,4)12-21(24)32)31(7)20-11-28(5,6)13-22(33)25(20)23/h8-9,15,23H,10-14H2,1-7H3. The second-order valence-electron chi connectivity index (χ2n) is 12.1. The highest BCUT2D eigenvalue weighted by Crippen LogP contribution is 2.54. The topological polar surface area (TPSA) is 46.6 Å². The molecule has 0 saturated carbocycles. The minimum Gasteiger partial charge on any atom is -0.490 e. The lowest BCUT2D eigenvalue weighted by Crippen LogP contribution is -2.43. The van der Waals surface area contributed by atoms with E-state index in [2.05, 4.69) is 46.4 Å². The second-order valence-corrected chi connectivity index (χ2v) is 12.9. The fourth-order valence-electron chi connectivity index (χ4n) is 5.63. The predicted molar refractivity (Wildman–Crippen MR) is 137 cm³/mol. The zero-order chi connectivity index (χ0) is 25.2. The first-order valence-corrected chi connectivity index (χ1v) is 12.8. The number of rotatable bonds is 4. The number of hydrogen-bond acceptors (Lipinski definition) is 4. The van der Waals surface area contributed by atoms with Crippen LogP contribution in [0.5, 0.6) is 5.75 Å². The van der Waals surface area contributed by atoms with Crippen molar-refractivity contribution in [3.63, 3.8) is 0 Å². The highest BCUT2D eigenvalue weighted by molar-refractivity contribution is 6.37. The molecule has 4 nitrogen and oxygen atoms in total. The Balaban J connectivity index is 1.91. The average Bonchev–Trinajstić information content (AvgIpc) is 2.67. The third kappa shape index (κ3) is 4.56. The van der Waals surface area contributed by atoms with E-state index in [9.17, 15) is 9.59 Å². The van der Waals surface area contributed by atoms with E-state index in [1.807, 2.05) is 19.2 Å².